The van der Waals surface area contributed by atoms with Crippen LogP contribution in [-0.4, -0.2) is 12.6 Å². The molecule has 1 N–H and O–H groups in total. The standard InChI is InChI=1S/C19H29N/c1-14-6-5-7-15(12-14)9-11-20-17-18(2,3)16-8-10-19(17,4)13-16/h5-7,12,16-17,20H,8-11,13H2,1-4H3/t16-,17?,19+/m0/s1. The highest BCUT2D eigenvalue weighted by molar-refractivity contribution is 5.22. The smallest absolute Gasteiger partial charge is 0.0175 e. The summed E-state index contributed by atoms with van der Waals surface area (Å²) in [5.41, 5.74) is 3.85. The van der Waals surface area contributed by atoms with Crippen LogP contribution in [0.4, 0.5) is 0 Å². The molecule has 1 aromatic rings. The average molecular weight is 271 g/mol. The summed E-state index contributed by atoms with van der Waals surface area (Å²) < 4.78 is 0. The van der Waals surface area contributed by atoms with E-state index in [9.17, 15) is 0 Å². The van der Waals surface area contributed by atoms with Crippen molar-refractivity contribution in [2.24, 2.45) is 16.7 Å². The van der Waals surface area contributed by atoms with Crippen LogP contribution in [0.5, 0.6) is 0 Å². The largest absolute Gasteiger partial charge is 0.313 e. The van der Waals surface area contributed by atoms with Gasteiger partial charge in [0.1, 0.15) is 0 Å². The summed E-state index contributed by atoms with van der Waals surface area (Å²) in [4.78, 5) is 0. The molecule has 2 aliphatic rings. The van der Waals surface area contributed by atoms with Gasteiger partial charge in [-0.3, -0.25) is 0 Å². The zero-order valence-electron chi connectivity index (χ0n) is 13.5. The zero-order valence-corrected chi connectivity index (χ0v) is 13.5. The molecule has 0 saturated heterocycles. The van der Waals surface area contributed by atoms with Gasteiger partial charge in [-0.25, -0.2) is 0 Å². The molecule has 0 spiro atoms. The summed E-state index contributed by atoms with van der Waals surface area (Å²) in [7, 11) is 0. The SMILES string of the molecule is Cc1cccc(CCNC2C(C)(C)[C@H]3CC[C@]2(C)C3)c1. The van der Waals surface area contributed by atoms with Crippen LogP contribution in [0.15, 0.2) is 24.3 Å². The predicted molar refractivity (Wildman–Crippen MR) is 85.9 cm³/mol. The third-order valence-electron chi connectivity index (χ3n) is 6.11. The molecule has 110 valence electrons. The van der Waals surface area contributed by atoms with E-state index in [4.69, 9.17) is 0 Å². The van der Waals surface area contributed by atoms with Crippen LogP contribution in [0.1, 0.15) is 51.2 Å². The molecule has 0 amide bonds. The molecule has 2 saturated carbocycles. The fourth-order valence-corrected chi connectivity index (χ4v) is 5.04. The number of benzene rings is 1. The van der Waals surface area contributed by atoms with Crippen LogP contribution < -0.4 is 5.32 Å². The molecule has 1 heteroatoms. The first kappa shape index (κ1) is 14.1. The van der Waals surface area contributed by atoms with Crippen LogP contribution >= 0.6 is 0 Å². The normalized spacial score (nSPS) is 34.6. The fourth-order valence-electron chi connectivity index (χ4n) is 5.04. The molecule has 2 fully saturated rings. The van der Waals surface area contributed by atoms with Crippen LogP contribution in [0.25, 0.3) is 0 Å². The van der Waals surface area contributed by atoms with Crippen LogP contribution in [0.2, 0.25) is 0 Å². The van der Waals surface area contributed by atoms with E-state index >= 15 is 0 Å². The molecule has 1 nitrogen and oxygen atoms in total. The van der Waals surface area contributed by atoms with Crippen LogP contribution in [0.3, 0.4) is 0 Å². The number of hydrogen-bond acceptors (Lipinski definition) is 1. The number of fused-ring (bicyclic) bond motifs is 2. The first-order valence-electron chi connectivity index (χ1n) is 8.21. The number of rotatable bonds is 4. The van der Waals surface area contributed by atoms with Gasteiger partial charge in [-0.2, -0.15) is 0 Å². The molecule has 0 radical (unpaired) electrons. The van der Waals surface area contributed by atoms with Crippen molar-refractivity contribution < 1.29 is 0 Å². The van der Waals surface area contributed by atoms with E-state index in [1.807, 2.05) is 0 Å². The highest BCUT2D eigenvalue weighted by Crippen LogP contribution is 2.62. The lowest BCUT2D eigenvalue weighted by molar-refractivity contribution is 0.110. The Balaban J connectivity index is 1.61. The first-order valence-corrected chi connectivity index (χ1v) is 8.21. The van der Waals surface area contributed by atoms with E-state index in [1.54, 1.807) is 0 Å². The lowest BCUT2D eigenvalue weighted by atomic mass is 9.68. The van der Waals surface area contributed by atoms with Crippen molar-refractivity contribution in [3.8, 4) is 0 Å². The Morgan fingerprint density at radius 1 is 1.25 bits per heavy atom. The fraction of sp³-hybridized carbons (Fsp3) is 0.684. The molecule has 3 atom stereocenters. The Morgan fingerprint density at radius 2 is 2.05 bits per heavy atom. The Labute approximate surface area is 124 Å². The second kappa shape index (κ2) is 4.87. The van der Waals surface area contributed by atoms with Crippen LogP contribution in [-0.2, 0) is 6.42 Å². The van der Waals surface area contributed by atoms with E-state index in [0.29, 0.717) is 16.9 Å². The highest BCUT2D eigenvalue weighted by Gasteiger charge is 2.58. The molecule has 1 unspecified atom stereocenters. The summed E-state index contributed by atoms with van der Waals surface area (Å²) in [6.45, 7) is 10.8. The molecule has 0 aliphatic heterocycles. The Morgan fingerprint density at radius 3 is 2.70 bits per heavy atom. The molecular formula is C19H29N. The summed E-state index contributed by atoms with van der Waals surface area (Å²) >= 11 is 0. The maximum atomic E-state index is 3.91. The second-order valence-corrected chi connectivity index (χ2v) is 8.04. The van der Waals surface area contributed by atoms with Gasteiger partial charge in [0.15, 0.2) is 0 Å². The quantitative estimate of drug-likeness (QED) is 0.859. The van der Waals surface area contributed by atoms with Crippen molar-refractivity contribution in [1.29, 1.82) is 0 Å². The Kier molecular flexibility index (Phi) is 3.44. The molecule has 3 rings (SSSR count). The molecule has 1 aromatic carbocycles. The highest BCUT2D eigenvalue weighted by atomic mass is 15.0. The monoisotopic (exact) mass is 271 g/mol. The van der Waals surface area contributed by atoms with Crippen LogP contribution in [0, 0.1) is 23.7 Å². The van der Waals surface area contributed by atoms with Gasteiger partial charge in [0, 0.05) is 6.04 Å². The van der Waals surface area contributed by atoms with Crippen molar-refractivity contribution in [3.05, 3.63) is 35.4 Å². The summed E-state index contributed by atoms with van der Waals surface area (Å²) in [6.07, 6.45) is 5.44. The van der Waals surface area contributed by atoms with E-state index in [1.165, 1.54) is 30.4 Å². The van der Waals surface area contributed by atoms with Crippen molar-refractivity contribution in [2.75, 3.05) is 6.54 Å². The third kappa shape index (κ3) is 2.30. The molecule has 0 heterocycles. The maximum absolute atomic E-state index is 3.91. The lowest BCUT2D eigenvalue weighted by Gasteiger charge is -2.43. The van der Waals surface area contributed by atoms with Crippen molar-refractivity contribution >= 4 is 0 Å². The molecule has 2 aliphatic carbocycles. The van der Waals surface area contributed by atoms with Gasteiger partial charge in [-0.15, -0.1) is 0 Å². The maximum Gasteiger partial charge on any atom is 0.0175 e. The van der Waals surface area contributed by atoms with Crippen molar-refractivity contribution in [3.63, 3.8) is 0 Å². The number of aryl methyl sites for hydroxylation is 1. The number of hydrogen-bond donors (Lipinski definition) is 1. The van der Waals surface area contributed by atoms with E-state index in [0.717, 1.165) is 18.9 Å². The Bertz CT molecular complexity index is 486. The molecule has 2 bridgehead atoms. The topological polar surface area (TPSA) is 12.0 Å². The molecular weight excluding hydrogens is 242 g/mol. The van der Waals surface area contributed by atoms with E-state index in [-0.39, 0.29) is 0 Å². The zero-order chi connectivity index (χ0) is 14.4. The molecule has 20 heavy (non-hydrogen) atoms. The predicted octanol–water partition coefficient (Wildman–Crippen LogP) is 4.34. The van der Waals surface area contributed by atoms with Gasteiger partial charge < -0.3 is 5.32 Å². The second-order valence-electron chi connectivity index (χ2n) is 8.04. The molecule has 0 aromatic heterocycles. The summed E-state index contributed by atoms with van der Waals surface area (Å²) in [5.74, 6) is 0.934. The van der Waals surface area contributed by atoms with Gasteiger partial charge in [-0.05, 0) is 61.5 Å². The van der Waals surface area contributed by atoms with Gasteiger partial charge in [0.2, 0.25) is 0 Å². The summed E-state index contributed by atoms with van der Waals surface area (Å²) in [6, 6.07) is 9.61. The van der Waals surface area contributed by atoms with Gasteiger partial charge in [0.05, 0.1) is 0 Å². The Hall–Kier alpha value is -0.820. The lowest BCUT2D eigenvalue weighted by Crippen LogP contribution is -2.50. The van der Waals surface area contributed by atoms with Crippen molar-refractivity contribution in [2.45, 2.75) is 59.4 Å². The number of nitrogens with one attached hydrogen (secondary N) is 1. The average Bonchev–Trinajstić information content (AvgIpc) is 2.85. The third-order valence-corrected chi connectivity index (χ3v) is 6.11. The minimum absolute atomic E-state index is 0.472. The summed E-state index contributed by atoms with van der Waals surface area (Å²) in [5, 5.41) is 3.91. The van der Waals surface area contributed by atoms with E-state index < -0.39 is 0 Å². The van der Waals surface area contributed by atoms with E-state index in [2.05, 4.69) is 57.3 Å². The van der Waals surface area contributed by atoms with Gasteiger partial charge >= 0.3 is 0 Å². The minimum atomic E-state index is 0.472. The van der Waals surface area contributed by atoms with Gasteiger partial charge in [0.25, 0.3) is 0 Å². The van der Waals surface area contributed by atoms with Gasteiger partial charge in [-0.1, -0.05) is 50.6 Å². The minimum Gasteiger partial charge on any atom is -0.313 e. The first-order chi connectivity index (χ1) is 9.42. The van der Waals surface area contributed by atoms with Crippen molar-refractivity contribution in [1.82, 2.24) is 5.32 Å².